The van der Waals surface area contributed by atoms with Crippen LogP contribution in [-0.2, 0) is 4.79 Å². The zero-order chi connectivity index (χ0) is 18.4. The van der Waals surface area contributed by atoms with Crippen molar-refractivity contribution >= 4 is 23.2 Å². The van der Waals surface area contributed by atoms with Crippen LogP contribution in [0.4, 0.5) is 11.4 Å². The predicted octanol–water partition coefficient (Wildman–Crippen LogP) is 3.21. The number of amides is 2. The summed E-state index contributed by atoms with van der Waals surface area (Å²) < 4.78 is 0. The van der Waals surface area contributed by atoms with Crippen molar-refractivity contribution in [3.63, 3.8) is 0 Å². The highest BCUT2D eigenvalue weighted by Crippen LogP contribution is 2.20. The van der Waals surface area contributed by atoms with Gasteiger partial charge in [-0.05, 0) is 50.6 Å². The zero-order valence-electron chi connectivity index (χ0n) is 15.2. The fourth-order valence-corrected chi connectivity index (χ4v) is 2.78. The molecule has 0 atom stereocenters. The van der Waals surface area contributed by atoms with Gasteiger partial charge in [-0.3, -0.25) is 9.59 Å². The largest absolute Gasteiger partial charge is 0.376 e. The minimum atomic E-state index is -0.138. The fourth-order valence-electron chi connectivity index (χ4n) is 2.78. The van der Waals surface area contributed by atoms with Crippen LogP contribution in [-0.4, -0.2) is 31.4 Å². The molecule has 5 heteroatoms. The molecule has 0 radical (unpaired) electrons. The van der Waals surface area contributed by atoms with Gasteiger partial charge in [0.05, 0.1) is 6.54 Å². The van der Waals surface area contributed by atoms with Gasteiger partial charge in [0.25, 0.3) is 5.91 Å². The first-order valence-electron chi connectivity index (χ1n) is 8.38. The highest BCUT2D eigenvalue weighted by atomic mass is 16.2. The highest BCUT2D eigenvalue weighted by molar-refractivity contribution is 5.98. The molecule has 0 aliphatic carbocycles. The number of benzene rings is 2. The van der Waals surface area contributed by atoms with Crippen LogP contribution in [0.25, 0.3) is 0 Å². The molecule has 0 heterocycles. The predicted molar refractivity (Wildman–Crippen MR) is 102 cm³/mol. The minimum absolute atomic E-state index is 0.0223. The number of hydrogen-bond donors (Lipinski definition) is 2. The molecule has 132 valence electrons. The lowest BCUT2D eigenvalue weighted by atomic mass is 10.1. The third kappa shape index (κ3) is 4.38. The maximum absolute atomic E-state index is 12.7. The molecule has 0 fully saturated rings. The number of carbonyl (C=O) groups excluding carboxylic acids is 2. The van der Waals surface area contributed by atoms with Gasteiger partial charge in [0, 0.05) is 30.0 Å². The van der Waals surface area contributed by atoms with E-state index in [1.165, 1.54) is 0 Å². The van der Waals surface area contributed by atoms with E-state index in [1.807, 2.05) is 63.2 Å². The maximum Gasteiger partial charge on any atom is 0.251 e. The quantitative estimate of drug-likeness (QED) is 0.849. The van der Waals surface area contributed by atoms with E-state index in [-0.39, 0.29) is 24.4 Å². The summed E-state index contributed by atoms with van der Waals surface area (Å²) in [6.45, 7) is 6.00. The van der Waals surface area contributed by atoms with Gasteiger partial charge in [-0.1, -0.05) is 24.3 Å². The molecule has 25 heavy (non-hydrogen) atoms. The number of nitrogens with one attached hydrogen (secondary N) is 2. The van der Waals surface area contributed by atoms with Crippen molar-refractivity contribution in [3.05, 3.63) is 59.7 Å². The van der Waals surface area contributed by atoms with E-state index < -0.39 is 0 Å². The van der Waals surface area contributed by atoms with Crippen molar-refractivity contribution in [2.45, 2.75) is 26.8 Å². The molecule has 2 rings (SSSR count). The second-order valence-corrected chi connectivity index (χ2v) is 6.10. The number of hydrogen-bond acceptors (Lipinski definition) is 3. The Hall–Kier alpha value is -2.82. The van der Waals surface area contributed by atoms with Crippen LogP contribution in [0.2, 0.25) is 0 Å². The van der Waals surface area contributed by atoms with Gasteiger partial charge in [-0.25, -0.2) is 0 Å². The maximum atomic E-state index is 12.7. The Labute approximate surface area is 149 Å². The molecule has 0 aromatic heterocycles. The van der Waals surface area contributed by atoms with Crippen LogP contribution in [0.3, 0.4) is 0 Å². The van der Waals surface area contributed by atoms with E-state index in [9.17, 15) is 9.59 Å². The summed E-state index contributed by atoms with van der Waals surface area (Å²) >= 11 is 0. The Morgan fingerprint density at radius 1 is 1.04 bits per heavy atom. The van der Waals surface area contributed by atoms with Crippen molar-refractivity contribution in [1.29, 1.82) is 0 Å². The molecule has 0 unspecified atom stereocenters. The van der Waals surface area contributed by atoms with Gasteiger partial charge in [-0.15, -0.1) is 0 Å². The van der Waals surface area contributed by atoms with Crippen molar-refractivity contribution in [1.82, 2.24) is 5.32 Å². The Kier molecular flexibility index (Phi) is 6.17. The number of anilines is 2. The molecule has 2 amide bonds. The Balaban J connectivity index is 2.15. The first-order valence-corrected chi connectivity index (χ1v) is 8.38. The number of rotatable bonds is 6. The zero-order valence-corrected chi connectivity index (χ0v) is 15.2. The van der Waals surface area contributed by atoms with Crippen molar-refractivity contribution in [3.8, 4) is 0 Å². The van der Waals surface area contributed by atoms with E-state index in [4.69, 9.17) is 0 Å². The summed E-state index contributed by atoms with van der Waals surface area (Å²) in [5, 5.41) is 5.79. The molecule has 2 aromatic rings. The summed E-state index contributed by atoms with van der Waals surface area (Å²) in [6, 6.07) is 15.1. The van der Waals surface area contributed by atoms with E-state index in [2.05, 4.69) is 10.6 Å². The second kappa shape index (κ2) is 8.33. The van der Waals surface area contributed by atoms with Crippen LogP contribution < -0.4 is 15.5 Å². The molecule has 5 nitrogen and oxygen atoms in total. The van der Waals surface area contributed by atoms with Gasteiger partial charge in [0.2, 0.25) is 5.91 Å². The fraction of sp³-hybridized carbons (Fsp3) is 0.300. The summed E-state index contributed by atoms with van der Waals surface area (Å²) in [5.41, 5.74) is 3.08. The summed E-state index contributed by atoms with van der Waals surface area (Å²) in [4.78, 5) is 26.4. The topological polar surface area (TPSA) is 61.4 Å². The summed E-state index contributed by atoms with van der Waals surface area (Å²) in [5.74, 6) is -0.161. The molecule has 2 aromatic carbocycles. The van der Waals surface area contributed by atoms with Crippen LogP contribution in [0.15, 0.2) is 48.5 Å². The molecule has 0 saturated carbocycles. The van der Waals surface area contributed by atoms with Gasteiger partial charge in [-0.2, -0.15) is 0 Å². The standard InChI is InChI=1S/C20H25N3O2/c1-14(2)23(16-9-6-5-7-10-16)19(24)13-22-18-12-8-11-17(15(18)3)20(25)21-4/h5-12,14,22H,13H2,1-4H3,(H,21,25). The van der Waals surface area contributed by atoms with Gasteiger partial charge in [0.15, 0.2) is 0 Å². The average Bonchev–Trinajstić information content (AvgIpc) is 2.61. The summed E-state index contributed by atoms with van der Waals surface area (Å²) in [6.07, 6.45) is 0. The normalized spacial score (nSPS) is 10.4. The smallest absolute Gasteiger partial charge is 0.251 e. The lowest BCUT2D eigenvalue weighted by Gasteiger charge is -2.27. The monoisotopic (exact) mass is 339 g/mol. The second-order valence-electron chi connectivity index (χ2n) is 6.10. The van der Waals surface area contributed by atoms with Crippen molar-refractivity contribution in [2.75, 3.05) is 23.8 Å². The SMILES string of the molecule is CNC(=O)c1cccc(NCC(=O)N(c2ccccc2)C(C)C)c1C. The van der Waals surface area contributed by atoms with Crippen LogP contribution in [0.1, 0.15) is 29.8 Å². The number of carbonyl (C=O) groups is 2. The van der Waals surface area contributed by atoms with E-state index in [0.29, 0.717) is 5.56 Å². The van der Waals surface area contributed by atoms with Crippen LogP contribution in [0.5, 0.6) is 0 Å². The van der Waals surface area contributed by atoms with Gasteiger partial charge in [0.1, 0.15) is 0 Å². The third-order valence-electron chi connectivity index (χ3n) is 4.06. The molecule has 0 bridgehead atoms. The first kappa shape index (κ1) is 18.5. The lowest BCUT2D eigenvalue weighted by Crippen LogP contribution is -2.40. The van der Waals surface area contributed by atoms with Gasteiger partial charge >= 0.3 is 0 Å². The minimum Gasteiger partial charge on any atom is -0.376 e. The Morgan fingerprint density at radius 3 is 2.32 bits per heavy atom. The van der Waals surface area contributed by atoms with Gasteiger partial charge < -0.3 is 15.5 Å². The molecule has 0 aliphatic rings. The van der Waals surface area contributed by atoms with E-state index in [0.717, 1.165) is 16.9 Å². The Morgan fingerprint density at radius 2 is 1.72 bits per heavy atom. The molecule has 0 saturated heterocycles. The van der Waals surface area contributed by atoms with Crippen molar-refractivity contribution < 1.29 is 9.59 Å². The van der Waals surface area contributed by atoms with Crippen LogP contribution >= 0.6 is 0 Å². The number of nitrogens with zero attached hydrogens (tertiary/aromatic N) is 1. The Bertz CT molecular complexity index is 742. The molecule has 0 aliphatic heterocycles. The van der Waals surface area contributed by atoms with Crippen LogP contribution in [0, 0.1) is 6.92 Å². The lowest BCUT2D eigenvalue weighted by molar-refractivity contribution is -0.117. The van der Waals surface area contributed by atoms with E-state index >= 15 is 0 Å². The molecular weight excluding hydrogens is 314 g/mol. The highest BCUT2D eigenvalue weighted by Gasteiger charge is 2.19. The number of para-hydroxylation sites is 1. The summed E-state index contributed by atoms with van der Waals surface area (Å²) in [7, 11) is 1.60. The first-order chi connectivity index (χ1) is 12.0. The van der Waals surface area contributed by atoms with E-state index in [1.54, 1.807) is 18.0 Å². The average molecular weight is 339 g/mol. The molecular formula is C20H25N3O2. The molecule has 2 N–H and O–H groups in total. The molecule has 0 spiro atoms. The third-order valence-corrected chi connectivity index (χ3v) is 4.06. The van der Waals surface area contributed by atoms with Crippen molar-refractivity contribution in [2.24, 2.45) is 0 Å².